The number of aromatic nitrogens is 2. The Balaban J connectivity index is 2.32. The molecule has 0 radical (unpaired) electrons. The van der Waals surface area contributed by atoms with Crippen LogP contribution in [0.3, 0.4) is 0 Å². The van der Waals surface area contributed by atoms with E-state index in [1.54, 1.807) is 0 Å². The Morgan fingerprint density at radius 3 is 2.60 bits per heavy atom. The Hall–Kier alpha value is -2.34. The van der Waals surface area contributed by atoms with Crippen molar-refractivity contribution >= 4 is 37.9 Å². The normalized spacial score (nSPS) is 11.2. The van der Waals surface area contributed by atoms with Gasteiger partial charge in [0.1, 0.15) is 0 Å². The first-order chi connectivity index (χ1) is 9.29. The summed E-state index contributed by atoms with van der Waals surface area (Å²) in [4.78, 5) is 9.64. The fraction of sp³-hybridized carbons (Fsp3) is 0. The first-order valence-electron chi connectivity index (χ1n) is 4.85. The quantitative estimate of drug-likeness (QED) is 0.631. The van der Waals surface area contributed by atoms with Crippen LogP contribution in [-0.4, -0.2) is 23.5 Å². The summed E-state index contributed by atoms with van der Waals surface area (Å²) in [6.45, 7) is 0. The van der Waals surface area contributed by atoms with Crippen molar-refractivity contribution in [2.45, 2.75) is 4.34 Å². The zero-order chi connectivity index (χ0) is 14.9. The third-order valence-corrected chi connectivity index (χ3v) is 4.55. The van der Waals surface area contributed by atoms with Gasteiger partial charge < -0.3 is 5.73 Å². The minimum absolute atomic E-state index is 0.0606. The summed E-state index contributed by atoms with van der Waals surface area (Å²) in [6, 6.07) is 2.51. The summed E-state index contributed by atoms with van der Waals surface area (Å²) in [7, 11) is -4.14. The number of anilines is 2. The molecule has 0 saturated carbocycles. The third kappa shape index (κ3) is 2.80. The highest BCUT2D eigenvalue weighted by Crippen LogP contribution is 2.24. The van der Waals surface area contributed by atoms with Crippen LogP contribution >= 0.6 is 11.3 Å². The van der Waals surface area contributed by atoms with Crippen molar-refractivity contribution in [3.8, 4) is 0 Å². The zero-order valence-electron chi connectivity index (χ0n) is 9.48. The summed E-state index contributed by atoms with van der Waals surface area (Å²) in [5, 5.41) is 17.0. The fourth-order valence-electron chi connectivity index (χ4n) is 1.22. The molecule has 20 heavy (non-hydrogen) atoms. The van der Waals surface area contributed by atoms with Gasteiger partial charge in [-0.15, -0.1) is 10.2 Å². The predicted molar refractivity (Wildman–Crippen MR) is 68.2 cm³/mol. The van der Waals surface area contributed by atoms with Crippen molar-refractivity contribution in [2.75, 3.05) is 10.5 Å². The molecule has 12 heteroatoms. The lowest BCUT2D eigenvalue weighted by molar-refractivity contribution is -0.385. The van der Waals surface area contributed by atoms with Crippen molar-refractivity contribution in [1.29, 1.82) is 0 Å². The molecule has 0 saturated heterocycles. The maximum atomic E-state index is 13.6. The average Bonchev–Trinajstić information content (AvgIpc) is 2.79. The number of nitro groups is 1. The van der Waals surface area contributed by atoms with Gasteiger partial charge in [-0.1, -0.05) is 11.3 Å². The van der Waals surface area contributed by atoms with Gasteiger partial charge in [0.2, 0.25) is 5.13 Å². The molecule has 1 heterocycles. The summed E-state index contributed by atoms with van der Waals surface area (Å²) in [6.07, 6.45) is 0. The van der Waals surface area contributed by atoms with E-state index in [4.69, 9.17) is 5.73 Å². The number of halogens is 1. The van der Waals surface area contributed by atoms with E-state index in [9.17, 15) is 22.9 Å². The Morgan fingerprint density at radius 2 is 2.10 bits per heavy atom. The van der Waals surface area contributed by atoms with Crippen LogP contribution in [0, 0.1) is 15.9 Å². The number of hydrogen-bond donors (Lipinski definition) is 2. The van der Waals surface area contributed by atoms with Crippen molar-refractivity contribution < 1.29 is 17.7 Å². The minimum atomic E-state index is -4.14. The highest BCUT2D eigenvalue weighted by molar-refractivity contribution is 7.94. The predicted octanol–water partition coefficient (Wildman–Crippen LogP) is 0.968. The van der Waals surface area contributed by atoms with E-state index in [0.717, 1.165) is 12.1 Å². The second-order valence-electron chi connectivity index (χ2n) is 3.43. The number of non-ortho nitro benzene ring substituents is 1. The molecule has 0 unspecified atom stereocenters. The molecule has 0 fully saturated rings. The van der Waals surface area contributed by atoms with E-state index in [1.807, 2.05) is 4.72 Å². The topological polar surface area (TPSA) is 141 Å². The monoisotopic (exact) mass is 319 g/mol. The summed E-state index contributed by atoms with van der Waals surface area (Å²) in [5.41, 5.74) is 4.32. The lowest BCUT2D eigenvalue weighted by Crippen LogP contribution is -2.13. The molecule has 3 N–H and O–H groups in total. The van der Waals surface area contributed by atoms with E-state index >= 15 is 0 Å². The number of nitrogens with zero attached hydrogens (tertiary/aromatic N) is 3. The van der Waals surface area contributed by atoms with Gasteiger partial charge in [-0.25, -0.2) is 4.39 Å². The molecule has 106 valence electrons. The lowest BCUT2D eigenvalue weighted by Gasteiger charge is -2.05. The van der Waals surface area contributed by atoms with Gasteiger partial charge in [-0.2, -0.15) is 8.42 Å². The summed E-state index contributed by atoms with van der Waals surface area (Å²) < 4.78 is 38.7. The number of nitrogens with two attached hydrogens (primary N) is 1. The standard InChI is InChI=1S/C8H6FN5O4S2/c9-5-3-4(14(15)16)1-2-6(5)13-20(17,18)8-12-11-7(10)19-8/h1-3,13H,(H2,10,11). The van der Waals surface area contributed by atoms with E-state index in [0.29, 0.717) is 17.4 Å². The molecule has 2 rings (SSSR count). The van der Waals surface area contributed by atoms with Crippen molar-refractivity contribution in [2.24, 2.45) is 0 Å². The minimum Gasteiger partial charge on any atom is -0.374 e. The molecule has 0 aliphatic carbocycles. The molecule has 0 aliphatic rings. The van der Waals surface area contributed by atoms with Gasteiger partial charge in [0, 0.05) is 6.07 Å². The van der Waals surface area contributed by atoms with Crippen molar-refractivity contribution in [3.05, 3.63) is 34.1 Å². The Bertz CT molecular complexity index is 775. The lowest BCUT2D eigenvalue weighted by atomic mass is 10.3. The van der Waals surface area contributed by atoms with Gasteiger partial charge in [-0.3, -0.25) is 14.8 Å². The molecule has 9 nitrogen and oxygen atoms in total. The molecule has 0 spiro atoms. The number of nitrogen functional groups attached to an aromatic ring is 1. The van der Waals surface area contributed by atoms with Crippen LogP contribution in [0.2, 0.25) is 0 Å². The molecule has 0 amide bonds. The third-order valence-electron chi connectivity index (χ3n) is 2.06. The van der Waals surface area contributed by atoms with Crippen LogP contribution < -0.4 is 10.5 Å². The number of hydrogen-bond acceptors (Lipinski definition) is 8. The first-order valence-corrected chi connectivity index (χ1v) is 7.15. The van der Waals surface area contributed by atoms with Gasteiger partial charge >= 0.3 is 0 Å². The number of benzene rings is 1. The maximum absolute atomic E-state index is 13.6. The zero-order valence-corrected chi connectivity index (χ0v) is 11.1. The van der Waals surface area contributed by atoms with Crippen LogP contribution in [0.15, 0.2) is 22.5 Å². The van der Waals surface area contributed by atoms with E-state index < -0.39 is 36.5 Å². The Kier molecular flexibility index (Phi) is 3.50. The van der Waals surface area contributed by atoms with E-state index in [2.05, 4.69) is 10.2 Å². The van der Waals surface area contributed by atoms with Crippen LogP contribution in [-0.2, 0) is 10.0 Å². The number of nitrogens with one attached hydrogen (secondary N) is 1. The summed E-state index contributed by atoms with van der Waals surface area (Å²) in [5.74, 6) is -1.08. The molecule has 0 bridgehead atoms. The molecule has 0 atom stereocenters. The summed E-state index contributed by atoms with van der Waals surface area (Å²) >= 11 is 0.602. The Labute approximate surface area is 115 Å². The van der Waals surface area contributed by atoms with Gasteiger partial charge in [-0.05, 0) is 6.07 Å². The average molecular weight is 319 g/mol. The first kappa shape index (κ1) is 14.1. The molecular formula is C8H6FN5O4S2. The van der Waals surface area contributed by atoms with E-state index in [-0.39, 0.29) is 5.13 Å². The van der Waals surface area contributed by atoms with Gasteiger partial charge in [0.05, 0.1) is 16.7 Å². The van der Waals surface area contributed by atoms with Crippen LogP contribution in [0.1, 0.15) is 0 Å². The van der Waals surface area contributed by atoms with Gasteiger partial charge in [0.15, 0.2) is 5.82 Å². The maximum Gasteiger partial charge on any atom is 0.291 e. The molecule has 1 aromatic carbocycles. The number of nitro benzene ring substituents is 1. The molecule has 1 aromatic heterocycles. The number of rotatable bonds is 4. The number of sulfonamides is 1. The van der Waals surface area contributed by atoms with Crippen LogP contribution in [0.25, 0.3) is 0 Å². The van der Waals surface area contributed by atoms with Crippen LogP contribution in [0.4, 0.5) is 20.9 Å². The second-order valence-corrected chi connectivity index (χ2v) is 6.30. The van der Waals surface area contributed by atoms with Crippen molar-refractivity contribution in [1.82, 2.24) is 10.2 Å². The highest BCUT2D eigenvalue weighted by Gasteiger charge is 2.22. The second kappa shape index (κ2) is 4.97. The fourth-order valence-corrected chi connectivity index (χ4v) is 3.07. The molecule has 0 aliphatic heterocycles. The molecular weight excluding hydrogens is 313 g/mol. The Morgan fingerprint density at radius 1 is 1.40 bits per heavy atom. The van der Waals surface area contributed by atoms with E-state index in [1.165, 1.54) is 0 Å². The largest absolute Gasteiger partial charge is 0.374 e. The van der Waals surface area contributed by atoms with Crippen molar-refractivity contribution in [3.63, 3.8) is 0 Å². The highest BCUT2D eigenvalue weighted by atomic mass is 32.2. The van der Waals surface area contributed by atoms with Crippen LogP contribution in [0.5, 0.6) is 0 Å². The molecule has 2 aromatic rings. The van der Waals surface area contributed by atoms with Gasteiger partial charge in [0.25, 0.3) is 20.1 Å². The SMILES string of the molecule is Nc1nnc(S(=O)(=O)Nc2ccc([N+](=O)[O-])cc2F)s1. The smallest absolute Gasteiger partial charge is 0.291 e.